The molecule has 0 bridgehead atoms. The lowest BCUT2D eigenvalue weighted by Gasteiger charge is -1.80. The molecule has 0 aromatic heterocycles. The Balaban J connectivity index is -0.0000000772. The molecule has 17 heavy (non-hydrogen) atoms. The minimum atomic E-state index is 1.15. The van der Waals surface area contributed by atoms with Crippen molar-refractivity contribution in [2.75, 3.05) is 0 Å². The average Bonchev–Trinajstić information content (AvgIpc) is 2.42. The molecule has 0 saturated heterocycles. The summed E-state index contributed by atoms with van der Waals surface area (Å²) in [5, 5.41) is 0. The number of allylic oxidation sites excluding steroid dienone is 8. The standard InChI is InChI=1S/C7H10.C6H8.2C2H6/c1-4-6-7(3)5-2;1-3-5-6-4-2;2*1-2/h4-6H,1-2H2,3H3;3-6H,1-2H2;2*1-2H3/b7-6-;6-5-;;. The van der Waals surface area contributed by atoms with E-state index < -0.39 is 0 Å². The van der Waals surface area contributed by atoms with Gasteiger partial charge in [0.1, 0.15) is 0 Å². The summed E-state index contributed by atoms with van der Waals surface area (Å²) in [5.74, 6) is 0. The Bertz CT molecular complexity index is 204. The zero-order valence-corrected chi connectivity index (χ0v) is 12.4. The molecule has 0 nitrogen and oxygen atoms in total. The van der Waals surface area contributed by atoms with Crippen LogP contribution in [0.1, 0.15) is 34.6 Å². The van der Waals surface area contributed by atoms with E-state index in [0.717, 1.165) is 5.57 Å². The average molecular weight is 234 g/mol. The highest BCUT2D eigenvalue weighted by molar-refractivity contribution is 5.17. The summed E-state index contributed by atoms with van der Waals surface area (Å²) in [6, 6.07) is 0. The van der Waals surface area contributed by atoms with Gasteiger partial charge in [-0.15, -0.1) is 0 Å². The van der Waals surface area contributed by atoms with Gasteiger partial charge in [-0.2, -0.15) is 0 Å². The SMILES string of the molecule is C=C/C=C(/C)C=C.C=C/C=C\C=C.CC.CC. The summed E-state index contributed by atoms with van der Waals surface area (Å²) in [6.07, 6.45) is 12.5. The van der Waals surface area contributed by atoms with E-state index in [2.05, 4.69) is 26.3 Å². The topological polar surface area (TPSA) is 0 Å². The van der Waals surface area contributed by atoms with E-state index in [9.17, 15) is 0 Å². The number of rotatable bonds is 4. The quantitative estimate of drug-likeness (QED) is 0.503. The lowest BCUT2D eigenvalue weighted by Crippen LogP contribution is -1.58. The van der Waals surface area contributed by atoms with E-state index in [0.29, 0.717) is 0 Å². The third-order valence-electron chi connectivity index (χ3n) is 1.09. The van der Waals surface area contributed by atoms with Crippen molar-refractivity contribution in [1.82, 2.24) is 0 Å². The normalized spacial score (nSPS) is 8.18. The van der Waals surface area contributed by atoms with Gasteiger partial charge in [-0.1, -0.05) is 102 Å². The van der Waals surface area contributed by atoms with Gasteiger partial charge in [-0.25, -0.2) is 0 Å². The zero-order valence-electron chi connectivity index (χ0n) is 12.4. The predicted octanol–water partition coefficient (Wildman–Crippen LogP) is 6.27. The zero-order chi connectivity index (χ0) is 14.5. The maximum Gasteiger partial charge on any atom is -0.0398 e. The van der Waals surface area contributed by atoms with Crippen molar-refractivity contribution in [3.8, 4) is 0 Å². The summed E-state index contributed by atoms with van der Waals surface area (Å²) < 4.78 is 0. The van der Waals surface area contributed by atoms with Crippen molar-refractivity contribution in [3.63, 3.8) is 0 Å². The molecule has 0 atom stereocenters. The fourth-order valence-electron chi connectivity index (χ4n) is 0.411. The van der Waals surface area contributed by atoms with Gasteiger partial charge in [-0.05, 0) is 6.92 Å². The van der Waals surface area contributed by atoms with Crippen LogP contribution in [0, 0.1) is 0 Å². The largest absolute Gasteiger partial charge is 0.0991 e. The molecule has 0 aliphatic rings. The van der Waals surface area contributed by atoms with Crippen molar-refractivity contribution in [2.24, 2.45) is 0 Å². The molecule has 0 aromatic rings. The first-order valence-corrected chi connectivity index (χ1v) is 6.04. The molecule has 0 radical (unpaired) electrons. The van der Waals surface area contributed by atoms with Crippen molar-refractivity contribution in [2.45, 2.75) is 34.6 Å². The Hall–Kier alpha value is -1.56. The Morgan fingerprint density at radius 3 is 1.18 bits per heavy atom. The molecule has 0 saturated carbocycles. The van der Waals surface area contributed by atoms with Crippen LogP contribution in [0.4, 0.5) is 0 Å². The predicted molar refractivity (Wildman–Crippen MR) is 86.4 cm³/mol. The summed E-state index contributed by atoms with van der Waals surface area (Å²) >= 11 is 0. The molecule has 0 heterocycles. The molecule has 0 N–H and O–H groups in total. The van der Waals surface area contributed by atoms with Crippen LogP contribution in [-0.2, 0) is 0 Å². The van der Waals surface area contributed by atoms with Gasteiger partial charge >= 0.3 is 0 Å². The third kappa shape index (κ3) is 53.9. The maximum absolute atomic E-state index is 3.56. The van der Waals surface area contributed by atoms with Crippen molar-refractivity contribution >= 4 is 0 Å². The van der Waals surface area contributed by atoms with E-state index in [4.69, 9.17) is 0 Å². The van der Waals surface area contributed by atoms with Gasteiger partial charge in [0.15, 0.2) is 0 Å². The van der Waals surface area contributed by atoms with Gasteiger partial charge in [0.25, 0.3) is 0 Å². The van der Waals surface area contributed by atoms with Crippen LogP contribution in [0.25, 0.3) is 0 Å². The maximum atomic E-state index is 3.56. The van der Waals surface area contributed by atoms with Crippen LogP contribution in [0.2, 0.25) is 0 Å². The second-order valence-corrected chi connectivity index (χ2v) is 2.21. The Morgan fingerprint density at radius 1 is 0.706 bits per heavy atom. The molecule has 0 unspecified atom stereocenters. The molecule has 98 valence electrons. The first-order valence-electron chi connectivity index (χ1n) is 6.04. The van der Waals surface area contributed by atoms with Gasteiger partial charge < -0.3 is 0 Å². The van der Waals surface area contributed by atoms with E-state index >= 15 is 0 Å². The highest BCUT2D eigenvalue weighted by Gasteiger charge is 1.68. The number of hydrogen-bond acceptors (Lipinski definition) is 0. The van der Waals surface area contributed by atoms with Crippen LogP contribution in [-0.4, -0.2) is 0 Å². The van der Waals surface area contributed by atoms with Gasteiger partial charge in [0.05, 0.1) is 0 Å². The van der Waals surface area contributed by atoms with E-state index in [1.54, 1.807) is 24.3 Å². The van der Waals surface area contributed by atoms with Crippen LogP contribution in [0.5, 0.6) is 0 Å². The minimum Gasteiger partial charge on any atom is -0.0991 e. The van der Waals surface area contributed by atoms with Crippen LogP contribution in [0.15, 0.2) is 74.4 Å². The summed E-state index contributed by atoms with van der Waals surface area (Å²) in [6.45, 7) is 24.0. The Labute approximate surface area is 109 Å². The lowest BCUT2D eigenvalue weighted by atomic mass is 10.3. The monoisotopic (exact) mass is 234 g/mol. The van der Waals surface area contributed by atoms with Crippen LogP contribution in [0.3, 0.4) is 0 Å². The fraction of sp³-hybridized carbons (Fsp3) is 0.294. The molecule has 0 aliphatic carbocycles. The highest BCUT2D eigenvalue weighted by Crippen LogP contribution is 1.90. The molecule has 0 aliphatic heterocycles. The molecule has 0 spiro atoms. The highest BCUT2D eigenvalue weighted by atomic mass is 13.8. The van der Waals surface area contributed by atoms with Crippen LogP contribution >= 0.6 is 0 Å². The van der Waals surface area contributed by atoms with Crippen molar-refractivity contribution in [1.29, 1.82) is 0 Å². The summed E-state index contributed by atoms with van der Waals surface area (Å²) in [5.41, 5.74) is 1.15. The minimum absolute atomic E-state index is 1.15. The number of hydrogen-bond donors (Lipinski definition) is 0. The second-order valence-electron chi connectivity index (χ2n) is 2.21. The fourth-order valence-corrected chi connectivity index (χ4v) is 0.411. The van der Waals surface area contributed by atoms with Crippen molar-refractivity contribution < 1.29 is 0 Å². The summed E-state index contributed by atoms with van der Waals surface area (Å²) in [7, 11) is 0. The summed E-state index contributed by atoms with van der Waals surface area (Å²) in [4.78, 5) is 0. The van der Waals surface area contributed by atoms with Crippen LogP contribution < -0.4 is 0 Å². The third-order valence-corrected chi connectivity index (χ3v) is 1.09. The van der Waals surface area contributed by atoms with Gasteiger partial charge in [0.2, 0.25) is 0 Å². The molecule has 0 rings (SSSR count). The Morgan fingerprint density at radius 2 is 1.06 bits per heavy atom. The molecular weight excluding hydrogens is 204 g/mol. The van der Waals surface area contributed by atoms with E-state index in [1.165, 1.54) is 0 Å². The molecule has 0 fully saturated rings. The van der Waals surface area contributed by atoms with E-state index in [-0.39, 0.29) is 0 Å². The van der Waals surface area contributed by atoms with Gasteiger partial charge in [0, 0.05) is 0 Å². The van der Waals surface area contributed by atoms with E-state index in [1.807, 2.05) is 52.8 Å². The molecular formula is C17H30. The van der Waals surface area contributed by atoms with Gasteiger partial charge in [-0.3, -0.25) is 0 Å². The smallest absolute Gasteiger partial charge is 0.0398 e. The first kappa shape index (κ1) is 24.6. The molecule has 0 amide bonds. The first-order chi connectivity index (χ1) is 8.22. The van der Waals surface area contributed by atoms with Crippen molar-refractivity contribution in [3.05, 3.63) is 74.4 Å². The molecule has 0 heteroatoms. The Kier molecular flexibility index (Phi) is 53.0. The second kappa shape index (κ2) is 36.6. The lowest BCUT2D eigenvalue weighted by molar-refractivity contribution is 1.50. The molecule has 0 aromatic carbocycles.